The van der Waals surface area contributed by atoms with Crippen LogP contribution in [-0.4, -0.2) is 0 Å². The Morgan fingerprint density at radius 2 is 1.19 bits per heavy atom. The summed E-state index contributed by atoms with van der Waals surface area (Å²) >= 11 is 1.85. The molecule has 0 aliphatic heterocycles. The van der Waals surface area contributed by atoms with Crippen molar-refractivity contribution in [2.24, 2.45) is 0 Å². The molecule has 0 aromatic heterocycles. The molecule has 0 atom stereocenters. The summed E-state index contributed by atoms with van der Waals surface area (Å²) in [6.07, 6.45) is 0. The molecule has 0 bridgehead atoms. The highest BCUT2D eigenvalue weighted by Gasteiger charge is 2.14. The summed E-state index contributed by atoms with van der Waals surface area (Å²) in [5, 5.41) is 0. The Kier molecular flexibility index (Phi) is 5.35. The van der Waals surface area contributed by atoms with Crippen molar-refractivity contribution in [3.63, 3.8) is 0 Å². The Balaban J connectivity index is 1.59. The molecule has 0 N–H and O–H groups in total. The van der Waals surface area contributed by atoms with Crippen LogP contribution in [0.1, 0.15) is 5.56 Å². The fraction of sp³-hybridized carbons (Fsp3) is 0.0526. The number of hydrogen-bond acceptors (Lipinski definition) is 1. The van der Waals surface area contributed by atoms with Gasteiger partial charge in [-0.05, 0) is 42.0 Å². The van der Waals surface area contributed by atoms with Gasteiger partial charge in [0.25, 0.3) is 0 Å². The third-order valence-corrected chi connectivity index (χ3v) is 6.78. The van der Waals surface area contributed by atoms with Gasteiger partial charge < -0.3 is 0 Å². The Morgan fingerprint density at radius 1 is 0.619 bits per heavy atom. The van der Waals surface area contributed by atoms with Crippen molar-refractivity contribution in [2.75, 3.05) is 0 Å². The highest BCUT2D eigenvalue weighted by Crippen LogP contribution is 2.21. The molecule has 3 aromatic rings. The van der Waals surface area contributed by atoms with Crippen molar-refractivity contribution < 1.29 is 21.2 Å². The summed E-state index contributed by atoms with van der Waals surface area (Å²) < 4.78 is 2.95. The fourth-order valence-electron chi connectivity index (χ4n) is 1.94. The van der Waals surface area contributed by atoms with Crippen LogP contribution in [0.2, 0.25) is 0 Å². The molecule has 0 aliphatic rings. The minimum atomic E-state index is -0.0477. The molecule has 3 rings (SSSR count). The molecule has 104 valence electrons. The van der Waals surface area contributed by atoms with Crippen LogP contribution in [0.15, 0.2) is 89.8 Å². The van der Waals surface area contributed by atoms with E-state index in [1.54, 1.807) is 0 Å². The SMILES string of the molecule is c1ccc(CSc2ccc([I+]c3ccccc3)cc2)cc1. The number of thioether (sulfide) groups is 1. The zero-order valence-corrected chi connectivity index (χ0v) is 14.6. The molecule has 0 nitrogen and oxygen atoms in total. The first-order valence-corrected chi connectivity index (χ1v) is 10.0. The van der Waals surface area contributed by atoms with Gasteiger partial charge in [0.05, 0.1) is 0 Å². The summed E-state index contributed by atoms with van der Waals surface area (Å²) in [6, 6.07) is 30.5. The highest BCUT2D eigenvalue weighted by molar-refractivity contribution is 7.98. The van der Waals surface area contributed by atoms with E-state index >= 15 is 0 Å². The Bertz CT molecular complexity index is 663. The largest absolute Gasteiger partial charge is 0.357 e. The average molecular weight is 403 g/mol. The van der Waals surface area contributed by atoms with Crippen LogP contribution in [0.5, 0.6) is 0 Å². The molecule has 0 saturated carbocycles. The van der Waals surface area contributed by atoms with Crippen LogP contribution in [-0.2, 0) is 5.75 Å². The molecule has 0 unspecified atom stereocenters. The number of hydrogen-bond donors (Lipinski definition) is 0. The first kappa shape index (κ1) is 14.7. The zero-order chi connectivity index (χ0) is 14.3. The molecule has 21 heavy (non-hydrogen) atoms. The molecule has 0 aliphatic carbocycles. The second kappa shape index (κ2) is 7.66. The minimum absolute atomic E-state index is 0.0477. The van der Waals surface area contributed by atoms with Crippen LogP contribution in [0.3, 0.4) is 0 Å². The lowest BCUT2D eigenvalue weighted by molar-refractivity contribution is -0.597. The first-order valence-electron chi connectivity index (χ1n) is 6.87. The van der Waals surface area contributed by atoms with Crippen LogP contribution in [0.25, 0.3) is 0 Å². The second-order valence-corrected chi connectivity index (χ2v) is 8.70. The van der Waals surface area contributed by atoms with Crippen molar-refractivity contribution in [1.82, 2.24) is 0 Å². The van der Waals surface area contributed by atoms with E-state index in [0.29, 0.717) is 0 Å². The summed E-state index contributed by atoms with van der Waals surface area (Å²) in [6.45, 7) is 0. The Labute approximate surface area is 140 Å². The van der Waals surface area contributed by atoms with Crippen LogP contribution in [0.4, 0.5) is 0 Å². The normalized spacial score (nSPS) is 10.5. The van der Waals surface area contributed by atoms with Gasteiger partial charge in [-0.15, -0.1) is 11.8 Å². The van der Waals surface area contributed by atoms with Crippen LogP contribution < -0.4 is 21.2 Å². The molecule has 0 spiro atoms. The van der Waals surface area contributed by atoms with Crippen molar-refractivity contribution >= 4 is 11.8 Å². The van der Waals surface area contributed by atoms with E-state index in [0.717, 1.165) is 5.75 Å². The maximum atomic E-state index is 2.29. The van der Waals surface area contributed by atoms with E-state index in [1.165, 1.54) is 17.6 Å². The van der Waals surface area contributed by atoms with Crippen LogP contribution >= 0.6 is 11.8 Å². The quantitative estimate of drug-likeness (QED) is 0.465. The maximum Gasteiger partial charge on any atom is 0.357 e. The van der Waals surface area contributed by atoms with Gasteiger partial charge in [-0.1, -0.05) is 48.5 Å². The number of benzene rings is 3. The maximum absolute atomic E-state index is 2.29. The average Bonchev–Trinajstić information content (AvgIpc) is 2.56. The van der Waals surface area contributed by atoms with E-state index in [9.17, 15) is 0 Å². The molecule has 0 saturated heterocycles. The van der Waals surface area contributed by atoms with Gasteiger partial charge in [0.1, 0.15) is 0 Å². The molecule has 0 fully saturated rings. The monoisotopic (exact) mass is 403 g/mol. The second-order valence-electron chi connectivity index (χ2n) is 4.62. The van der Waals surface area contributed by atoms with Crippen molar-refractivity contribution in [1.29, 1.82) is 0 Å². The van der Waals surface area contributed by atoms with E-state index in [4.69, 9.17) is 0 Å². The van der Waals surface area contributed by atoms with Crippen LogP contribution in [0, 0.1) is 7.14 Å². The molecule has 0 radical (unpaired) electrons. The third kappa shape index (κ3) is 4.61. The number of halogens is 1. The molecular weight excluding hydrogens is 387 g/mol. The lowest BCUT2D eigenvalue weighted by Crippen LogP contribution is -3.61. The summed E-state index contributed by atoms with van der Waals surface area (Å²) in [5.74, 6) is 1.04. The molecule has 0 heterocycles. The lowest BCUT2D eigenvalue weighted by atomic mass is 10.2. The van der Waals surface area contributed by atoms with Gasteiger partial charge >= 0.3 is 21.2 Å². The van der Waals surface area contributed by atoms with E-state index in [-0.39, 0.29) is 21.2 Å². The lowest BCUT2D eigenvalue weighted by Gasteiger charge is -2.01. The summed E-state index contributed by atoms with van der Waals surface area (Å²) in [4.78, 5) is 1.35. The van der Waals surface area contributed by atoms with Crippen molar-refractivity contribution in [2.45, 2.75) is 10.6 Å². The zero-order valence-electron chi connectivity index (χ0n) is 11.6. The van der Waals surface area contributed by atoms with Crippen molar-refractivity contribution in [3.8, 4) is 0 Å². The predicted molar refractivity (Wildman–Crippen MR) is 86.3 cm³/mol. The van der Waals surface area contributed by atoms with Gasteiger partial charge in [0.15, 0.2) is 7.14 Å². The molecular formula is C19H16IS+. The Morgan fingerprint density at radius 3 is 1.86 bits per heavy atom. The highest BCUT2D eigenvalue weighted by atomic mass is 127. The van der Waals surface area contributed by atoms with Gasteiger partial charge in [-0.2, -0.15) is 0 Å². The summed E-state index contributed by atoms with van der Waals surface area (Å²) in [7, 11) is 0. The topological polar surface area (TPSA) is 0 Å². The molecule has 0 amide bonds. The summed E-state index contributed by atoms with van der Waals surface area (Å²) in [5.41, 5.74) is 1.38. The minimum Gasteiger partial charge on any atom is -0.121 e. The van der Waals surface area contributed by atoms with E-state index < -0.39 is 0 Å². The smallest absolute Gasteiger partial charge is 0.121 e. The van der Waals surface area contributed by atoms with Gasteiger partial charge in [0, 0.05) is 10.6 Å². The standard InChI is InChI=1S/C19H16IS/c1-3-7-16(8-4-1)15-21-19-13-11-18(12-14-19)20-17-9-5-2-6-10-17/h1-14H,15H2/q+1. The van der Waals surface area contributed by atoms with Crippen molar-refractivity contribution in [3.05, 3.63) is 97.6 Å². The predicted octanol–water partition coefficient (Wildman–Crippen LogP) is 2.11. The molecule has 3 aromatic carbocycles. The number of rotatable bonds is 5. The molecule has 2 heteroatoms. The third-order valence-electron chi connectivity index (χ3n) is 3.01. The van der Waals surface area contributed by atoms with Gasteiger partial charge in [0.2, 0.25) is 0 Å². The Hall–Kier alpha value is -1.26. The first-order chi connectivity index (χ1) is 10.4. The van der Waals surface area contributed by atoms with Gasteiger partial charge in [-0.25, -0.2) is 0 Å². The van der Waals surface area contributed by atoms with E-state index in [2.05, 4.69) is 84.9 Å². The van der Waals surface area contributed by atoms with Gasteiger partial charge in [-0.3, -0.25) is 0 Å². The fourth-order valence-corrected chi connectivity index (χ4v) is 5.01. The van der Waals surface area contributed by atoms with E-state index in [1.807, 2.05) is 11.8 Å².